The lowest BCUT2D eigenvalue weighted by molar-refractivity contribution is -0.129. The molecule has 0 radical (unpaired) electrons. The van der Waals surface area contributed by atoms with Crippen LogP contribution in [0.15, 0.2) is 22.7 Å². The SMILES string of the molecule is O=C1N[C@@H]2C[C@@H](OCc3c(-c4c(F)cccc4Cl)noc3C3CC3)[C@H]1C2. The maximum atomic E-state index is 14.4. The van der Waals surface area contributed by atoms with Crippen molar-refractivity contribution in [1.29, 1.82) is 0 Å². The third-order valence-electron chi connectivity index (χ3n) is 5.60. The van der Waals surface area contributed by atoms with Crippen LogP contribution in [-0.2, 0) is 16.1 Å². The number of ether oxygens (including phenoxy) is 1. The van der Waals surface area contributed by atoms with Crippen LogP contribution in [-0.4, -0.2) is 23.2 Å². The van der Waals surface area contributed by atoms with Gasteiger partial charge in [-0.2, -0.15) is 0 Å². The Hall–Kier alpha value is -1.92. The van der Waals surface area contributed by atoms with Crippen molar-refractivity contribution in [3.63, 3.8) is 0 Å². The third-order valence-corrected chi connectivity index (χ3v) is 5.91. The van der Waals surface area contributed by atoms with E-state index in [1.165, 1.54) is 6.07 Å². The van der Waals surface area contributed by atoms with Crippen molar-refractivity contribution in [2.45, 2.75) is 50.4 Å². The Labute approximate surface area is 154 Å². The average molecular weight is 377 g/mol. The molecule has 3 atom stereocenters. The largest absolute Gasteiger partial charge is 0.372 e. The molecule has 2 saturated carbocycles. The molecule has 1 aromatic heterocycles. The monoisotopic (exact) mass is 376 g/mol. The van der Waals surface area contributed by atoms with E-state index < -0.39 is 5.82 Å². The first-order valence-corrected chi connectivity index (χ1v) is 9.34. The van der Waals surface area contributed by atoms with E-state index in [9.17, 15) is 9.18 Å². The second kappa shape index (κ2) is 6.06. The summed E-state index contributed by atoms with van der Waals surface area (Å²) in [6, 6.07) is 4.77. The lowest BCUT2D eigenvalue weighted by Crippen LogP contribution is -2.39. The zero-order chi connectivity index (χ0) is 17.8. The molecule has 1 N–H and O–H groups in total. The molecule has 0 unspecified atom stereocenters. The Morgan fingerprint density at radius 1 is 1.35 bits per heavy atom. The highest BCUT2D eigenvalue weighted by Gasteiger charge is 2.46. The zero-order valence-corrected chi connectivity index (χ0v) is 14.8. The van der Waals surface area contributed by atoms with Crippen molar-refractivity contribution < 1.29 is 18.4 Å². The summed E-state index contributed by atoms with van der Waals surface area (Å²) >= 11 is 6.22. The molecule has 2 heterocycles. The van der Waals surface area contributed by atoms with Gasteiger partial charge in [0.2, 0.25) is 5.91 Å². The molecule has 2 aliphatic carbocycles. The zero-order valence-electron chi connectivity index (χ0n) is 14.0. The number of halogens is 2. The maximum Gasteiger partial charge on any atom is 0.226 e. The summed E-state index contributed by atoms with van der Waals surface area (Å²) in [5, 5.41) is 7.36. The molecule has 3 aliphatic rings. The number of fused-ring (bicyclic) bond motifs is 2. The lowest BCUT2D eigenvalue weighted by Gasteiger charge is -2.22. The summed E-state index contributed by atoms with van der Waals surface area (Å²) in [6.07, 6.45) is 3.59. The standard InChI is InChI=1S/C19H18ClFN2O3/c20-13-2-1-3-14(21)16(13)17-12(18(26-23-17)9-4-5-9)8-25-15-7-10-6-11(15)19(24)22-10/h1-3,9-11,15H,4-8H2,(H,22,24)/t10-,11+,15+/m0/s1. The van der Waals surface area contributed by atoms with Gasteiger partial charge >= 0.3 is 0 Å². The summed E-state index contributed by atoms with van der Waals surface area (Å²) in [6.45, 7) is 0.247. The second-order valence-corrected chi connectivity index (χ2v) is 7.78. The number of carbonyl (C=O) groups is 1. The Morgan fingerprint density at radius 3 is 2.88 bits per heavy atom. The Balaban J connectivity index is 1.46. The van der Waals surface area contributed by atoms with Crippen LogP contribution >= 0.6 is 11.6 Å². The van der Waals surface area contributed by atoms with Crippen LogP contribution in [0.2, 0.25) is 5.02 Å². The highest BCUT2D eigenvalue weighted by molar-refractivity contribution is 6.33. The van der Waals surface area contributed by atoms with Crippen molar-refractivity contribution >= 4 is 17.5 Å². The summed E-state index contributed by atoms with van der Waals surface area (Å²) in [5.41, 5.74) is 1.40. The van der Waals surface area contributed by atoms with Gasteiger partial charge in [0.1, 0.15) is 17.3 Å². The Kier molecular flexibility index (Phi) is 3.79. The molecule has 1 aliphatic heterocycles. The van der Waals surface area contributed by atoms with E-state index in [-0.39, 0.29) is 36.1 Å². The molecule has 1 aromatic carbocycles. The van der Waals surface area contributed by atoms with Gasteiger partial charge < -0.3 is 14.6 Å². The molecular formula is C19H18ClFN2O3. The van der Waals surface area contributed by atoms with E-state index in [1.54, 1.807) is 12.1 Å². The number of amides is 1. The normalized spacial score (nSPS) is 27.2. The maximum absolute atomic E-state index is 14.4. The second-order valence-electron chi connectivity index (χ2n) is 7.38. The summed E-state index contributed by atoms with van der Waals surface area (Å²) in [5.74, 6) is 0.602. The predicted octanol–water partition coefficient (Wildman–Crippen LogP) is 3.81. The Bertz CT molecular complexity index is 859. The van der Waals surface area contributed by atoms with Gasteiger partial charge in [0, 0.05) is 17.5 Å². The molecule has 1 saturated heterocycles. The third kappa shape index (κ3) is 2.63. The molecule has 7 heteroatoms. The fourth-order valence-electron chi connectivity index (χ4n) is 4.12. The molecule has 2 aromatic rings. The molecule has 26 heavy (non-hydrogen) atoms. The average Bonchev–Trinajstić information content (AvgIpc) is 3.09. The topological polar surface area (TPSA) is 64.4 Å². The number of nitrogens with one attached hydrogen (secondary N) is 1. The van der Waals surface area contributed by atoms with E-state index in [0.29, 0.717) is 16.6 Å². The smallest absolute Gasteiger partial charge is 0.226 e. The first kappa shape index (κ1) is 16.3. The minimum Gasteiger partial charge on any atom is -0.372 e. The fourth-order valence-corrected chi connectivity index (χ4v) is 4.38. The quantitative estimate of drug-likeness (QED) is 0.861. The van der Waals surface area contributed by atoms with Crippen LogP contribution in [0.5, 0.6) is 0 Å². The highest BCUT2D eigenvalue weighted by Crippen LogP contribution is 2.46. The van der Waals surface area contributed by atoms with E-state index >= 15 is 0 Å². The number of rotatable bonds is 5. The van der Waals surface area contributed by atoms with E-state index in [2.05, 4.69) is 10.5 Å². The van der Waals surface area contributed by atoms with Crippen molar-refractivity contribution in [3.05, 3.63) is 40.4 Å². The number of carbonyl (C=O) groups excluding carboxylic acids is 1. The molecule has 136 valence electrons. The van der Waals surface area contributed by atoms with Gasteiger partial charge in [-0.25, -0.2) is 4.39 Å². The van der Waals surface area contributed by atoms with Crippen LogP contribution < -0.4 is 5.32 Å². The molecule has 0 spiro atoms. The number of benzene rings is 1. The van der Waals surface area contributed by atoms with E-state index in [1.807, 2.05) is 0 Å². The van der Waals surface area contributed by atoms with Crippen LogP contribution in [0, 0.1) is 11.7 Å². The molecule has 3 fully saturated rings. The van der Waals surface area contributed by atoms with Gasteiger partial charge in [-0.15, -0.1) is 0 Å². The first-order valence-electron chi connectivity index (χ1n) is 8.96. The van der Waals surface area contributed by atoms with Crippen LogP contribution in [0.3, 0.4) is 0 Å². The van der Waals surface area contributed by atoms with E-state index in [4.69, 9.17) is 20.9 Å². The van der Waals surface area contributed by atoms with Gasteiger partial charge in [-0.3, -0.25) is 4.79 Å². The summed E-state index contributed by atoms with van der Waals surface area (Å²) in [7, 11) is 0. The minimum atomic E-state index is -0.436. The number of hydrogen-bond donors (Lipinski definition) is 1. The fraction of sp³-hybridized carbons (Fsp3) is 0.474. The van der Waals surface area contributed by atoms with Gasteiger partial charge in [0.05, 0.1) is 29.2 Å². The van der Waals surface area contributed by atoms with Crippen LogP contribution in [0.4, 0.5) is 4.39 Å². The number of nitrogens with zero attached hydrogens (tertiary/aromatic N) is 1. The molecule has 2 bridgehead atoms. The lowest BCUT2D eigenvalue weighted by atomic mass is 10.0. The van der Waals surface area contributed by atoms with Crippen molar-refractivity contribution in [3.8, 4) is 11.3 Å². The molecule has 1 amide bonds. The molecule has 5 rings (SSSR count). The van der Waals surface area contributed by atoms with Gasteiger partial charge in [-0.1, -0.05) is 22.8 Å². The molecular weight excluding hydrogens is 359 g/mol. The number of aromatic nitrogens is 1. The van der Waals surface area contributed by atoms with Crippen molar-refractivity contribution in [1.82, 2.24) is 10.5 Å². The molecule has 5 nitrogen and oxygen atoms in total. The van der Waals surface area contributed by atoms with Crippen LogP contribution in [0.1, 0.15) is 42.9 Å². The van der Waals surface area contributed by atoms with Crippen molar-refractivity contribution in [2.24, 2.45) is 5.92 Å². The highest BCUT2D eigenvalue weighted by atomic mass is 35.5. The summed E-state index contributed by atoms with van der Waals surface area (Å²) < 4.78 is 26.0. The first-order chi connectivity index (χ1) is 12.6. The Morgan fingerprint density at radius 2 is 2.19 bits per heavy atom. The van der Waals surface area contributed by atoms with Crippen molar-refractivity contribution in [2.75, 3.05) is 0 Å². The van der Waals surface area contributed by atoms with Gasteiger partial charge in [0.25, 0.3) is 0 Å². The number of piperidine rings is 1. The number of hydrogen-bond acceptors (Lipinski definition) is 4. The summed E-state index contributed by atoms with van der Waals surface area (Å²) in [4.78, 5) is 11.9. The minimum absolute atomic E-state index is 0.0661. The predicted molar refractivity (Wildman–Crippen MR) is 92.1 cm³/mol. The van der Waals surface area contributed by atoms with E-state index in [0.717, 1.165) is 37.0 Å². The van der Waals surface area contributed by atoms with Gasteiger partial charge in [-0.05, 0) is 37.8 Å². The van der Waals surface area contributed by atoms with Crippen LogP contribution in [0.25, 0.3) is 11.3 Å². The van der Waals surface area contributed by atoms with Gasteiger partial charge in [0.15, 0.2) is 0 Å².